The number of benzene rings is 2. The molecule has 0 aliphatic carbocycles. The lowest BCUT2D eigenvalue weighted by Gasteiger charge is -2.14. The summed E-state index contributed by atoms with van der Waals surface area (Å²) in [6.45, 7) is 4.03. The number of hydrogen-bond acceptors (Lipinski definition) is 5. The van der Waals surface area contributed by atoms with Gasteiger partial charge in [0.05, 0.1) is 17.8 Å². The Kier molecular flexibility index (Phi) is 4.33. The lowest BCUT2D eigenvalue weighted by Crippen LogP contribution is -2.09. The third-order valence-electron chi connectivity index (χ3n) is 3.63. The first-order chi connectivity index (χ1) is 11.6. The third kappa shape index (κ3) is 3.15. The number of hydrogen-bond donors (Lipinski definition) is 2. The molecule has 1 heterocycles. The fraction of sp³-hybridized carbons (Fsp3) is 0.158. The molecule has 0 aliphatic rings. The van der Waals surface area contributed by atoms with Gasteiger partial charge < -0.3 is 15.2 Å². The van der Waals surface area contributed by atoms with Crippen LogP contribution in [-0.4, -0.2) is 22.7 Å². The smallest absolute Gasteiger partial charge is 0.341 e. The number of aromatic nitrogens is 1. The molecular formula is C19H18N2O3. The van der Waals surface area contributed by atoms with Crippen molar-refractivity contribution in [2.24, 2.45) is 0 Å². The number of nitrogens with one attached hydrogen (secondary N) is 1. The Morgan fingerprint density at radius 3 is 2.83 bits per heavy atom. The van der Waals surface area contributed by atoms with Crippen LogP contribution in [0.5, 0.6) is 5.75 Å². The van der Waals surface area contributed by atoms with Gasteiger partial charge in [-0.15, -0.1) is 0 Å². The molecule has 0 radical (unpaired) electrons. The van der Waals surface area contributed by atoms with Gasteiger partial charge in [0, 0.05) is 23.3 Å². The molecule has 0 spiro atoms. The second-order valence-corrected chi connectivity index (χ2v) is 5.46. The molecule has 0 unspecified atom stereocenters. The maximum Gasteiger partial charge on any atom is 0.341 e. The standard InChI is InChI=1S/C19H18N2O3/c1-3-24-19(23)16-11-20-17-8-7-12(2)9-15(17)18(16)21-13-5-4-6-14(22)10-13/h4-11,22H,3H2,1-2H3,(H,20,21). The van der Waals surface area contributed by atoms with Crippen LogP contribution >= 0.6 is 0 Å². The molecule has 5 nitrogen and oxygen atoms in total. The number of ether oxygens (including phenoxy) is 1. The average Bonchev–Trinajstić information content (AvgIpc) is 2.55. The van der Waals surface area contributed by atoms with E-state index in [9.17, 15) is 9.90 Å². The van der Waals surface area contributed by atoms with Gasteiger partial charge in [0.1, 0.15) is 11.3 Å². The van der Waals surface area contributed by atoms with Crippen molar-refractivity contribution < 1.29 is 14.6 Å². The van der Waals surface area contributed by atoms with Gasteiger partial charge >= 0.3 is 5.97 Å². The average molecular weight is 322 g/mol. The van der Waals surface area contributed by atoms with Crippen molar-refractivity contribution >= 4 is 28.2 Å². The number of esters is 1. The molecule has 3 aromatic rings. The van der Waals surface area contributed by atoms with Crippen LogP contribution in [0.3, 0.4) is 0 Å². The number of anilines is 2. The first-order valence-electron chi connectivity index (χ1n) is 7.71. The highest BCUT2D eigenvalue weighted by Gasteiger charge is 2.17. The minimum absolute atomic E-state index is 0.146. The molecule has 0 atom stereocenters. The summed E-state index contributed by atoms with van der Waals surface area (Å²) in [4.78, 5) is 16.7. The zero-order valence-electron chi connectivity index (χ0n) is 13.5. The predicted molar refractivity (Wildman–Crippen MR) is 93.8 cm³/mol. The molecule has 0 amide bonds. The summed E-state index contributed by atoms with van der Waals surface area (Å²) in [5.41, 5.74) is 3.49. The second kappa shape index (κ2) is 6.58. The molecule has 0 aliphatic heterocycles. The predicted octanol–water partition coefficient (Wildman–Crippen LogP) is 4.17. The van der Waals surface area contributed by atoms with Gasteiger partial charge in [-0.3, -0.25) is 4.98 Å². The molecule has 3 rings (SSSR count). The van der Waals surface area contributed by atoms with Gasteiger partial charge in [-0.25, -0.2) is 4.79 Å². The van der Waals surface area contributed by atoms with Gasteiger partial charge in [0.2, 0.25) is 0 Å². The Labute approximate surface area is 139 Å². The maximum absolute atomic E-state index is 12.3. The Bertz CT molecular complexity index is 906. The number of pyridine rings is 1. The van der Waals surface area contributed by atoms with E-state index in [0.717, 1.165) is 16.5 Å². The fourth-order valence-corrected chi connectivity index (χ4v) is 2.53. The Morgan fingerprint density at radius 1 is 1.25 bits per heavy atom. The molecule has 0 saturated carbocycles. The number of aromatic hydroxyl groups is 1. The van der Waals surface area contributed by atoms with E-state index in [4.69, 9.17) is 4.74 Å². The van der Waals surface area contributed by atoms with Gasteiger partial charge in [-0.1, -0.05) is 17.7 Å². The summed E-state index contributed by atoms with van der Waals surface area (Å²) in [5.74, 6) is -0.289. The van der Waals surface area contributed by atoms with Crippen LogP contribution in [0.15, 0.2) is 48.7 Å². The molecule has 0 saturated heterocycles. The lowest BCUT2D eigenvalue weighted by atomic mass is 10.1. The minimum Gasteiger partial charge on any atom is -0.508 e. The van der Waals surface area contributed by atoms with Gasteiger partial charge in [-0.05, 0) is 38.1 Å². The summed E-state index contributed by atoms with van der Waals surface area (Å²) in [7, 11) is 0. The van der Waals surface area contributed by atoms with E-state index in [-0.39, 0.29) is 12.4 Å². The lowest BCUT2D eigenvalue weighted by molar-refractivity contribution is 0.0527. The summed E-state index contributed by atoms with van der Waals surface area (Å²) >= 11 is 0. The van der Waals surface area contributed by atoms with E-state index in [2.05, 4.69) is 10.3 Å². The molecular weight excluding hydrogens is 304 g/mol. The van der Waals surface area contributed by atoms with Crippen molar-refractivity contribution in [1.29, 1.82) is 0 Å². The van der Waals surface area contributed by atoms with Crippen molar-refractivity contribution in [1.82, 2.24) is 4.98 Å². The van der Waals surface area contributed by atoms with Crippen molar-refractivity contribution in [3.63, 3.8) is 0 Å². The molecule has 5 heteroatoms. The molecule has 24 heavy (non-hydrogen) atoms. The Hall–Kier alpha value is -3.08. The quantitative estimate of drug-likeness (QED) is 0.705. The van der Waals surface area contributed by atoms with E-state index in [1.807, 2.05) is 31.2 Å². The fourth-order valence-electron chi connectivity index (χ4n) is 2.53. The highest BCUT2D eigenvalue weighted by Crippen LogP contribution is 2.31. The number of fused-ring (bicyclic) bond motifs is 1. The summed E-state index contributed by atoms with van der Waals surface area (Å²) in [6.07, 6.45) is 1.51. The van der Waals surface area contributed by atoms with E-state index in [1.165, 1.54) is 6.20 Å². The number of phenolic OH excluding ortho intramolecular Hbond substituents is 1. The van der Waals surface area contributed by atoms with E-state index in [0.29, 0.717) is 16.9 Å². The van der Waals surface area contributed by atoms with Crippen molar-refractivity contribution in [3.8, 4) is 5.75 Å². The number of carbonyl (C=O) groups is 1. The number of carbonyl (C=O) groups excluding carboxylic acids is 1. The van der Waals surface area contributed by atoms with E-state index < -0.39 is 5.97 Å². The molecule has 1 aromatic heterocycles. The van der Waals surface area contributed by atoms with Gasteiger partial charge in [0.25, 0.3) is 0 Å². The van der Waals surface area contributed by atoms with Crippen LogP contribution in [0.4, 0.5) is 11.4 Å². The molecule has 2 N–H and O–H groups in total. The van der Waals surface area contributed by atoms with Crippen molar-refractivity contribution in [2.75, 3.05) is 11.9 Å². The molecule has 122 valence electrons. The van der Waals surface area contributed by atoms with Crippen LogP contribution < -0.4 is 5.32 Å². The van der Waals surface area contributed by atoms with Crippen LogP contribution in [-0.2, 0) is 4.74 Å². The Morgan fingerprint density at radius 2 is 2.08 bits per heavy atom. The number of nitrogens with zero attached hydrogens (tertiary/aromatic N) is 1. The summed E-state index contributed by atoms with van der Waals surface area (Å²) < 4.78 is 5.14. The zero-order valence-corrected chi connectivity index (χ0v) is 13.5. The number of aryl methyl sites for hydroxylation is 1. The maximum atomic E-state index is 12.3. The zero-order chi connectivity index (χ0) is 17.1. The third-order valence-corrected chi connectivity index (χ3v) is 3.63. The monoisotopic (exact) mass is 322 g/mol. The first kappa shape index (κ1) is 15.8. The molecule has 0 fully saturated rings. The van der Waals surface area contributed by atoms with Crippen molar-refractivity contribution in [3.05, 3.63) is 59.8 Å². The minimum atomic E-state index is -0.434. The first-order valence-corrected chi connectivity index (χ1v) is 7.71. The normalized spacial score (nSPS) is 10.6. The van der Waals surface area contributed by atoms with E-state index in [1.54, 1.807) is 25.1 Å². The van der Waals surface area contributed by atoms with Gasteiger partial charge in [-0.2, -0.15) is 0 Å². The number of phenols is 1. The van der Waals surface area contributed by atoms with Crippen molar-refractivity contribution in [2.45, 2.75) is 13.8 Å². The summed E-state index contributed by atoms with van der Waals surface area (Å²) in [6, 6.07) is 12.6. The molecule has 2 aromatic carbocycles. The topological polar surface area (TPSA) is 71.5 Å². The van der Waals surface area contributed by atoms with E-state index >= 15 is 0 Å². The highest BCUT2D eigenvalue weighted by atomic mass is 16.5. The summed E-state index contributed by atoms with van der Waals surface area (Å²) in [5, 5.41) is 13.7. The van der Waals surface area contributed by atoms with Crippen LogP contribution in [0.1, 0.15) is 22.8 Å². The largest absolute Gasteiger partial charge is 0.508 e. The SMILES string of the molecule is CCOC(=O)c1cnc2ccc(C)cc2c1Nc1cccc(O)c1. The van der Waals surface area contributed by atoms with Gasteiger partial charge in [0.15, 0.2) is 0 Å². The van der Waals surface area contributed by atoms with Crippen LogP contribution in [0.2, 0.25) is 0 Å². The molecule has 0 bridgehead atoms. The Balaban J connectivity index is 2.18. The highest BCUT2D eigenvalue weighted by molar-refractivity contribution is 6.06. The number of rotatable bonds is 4. The second-order valence-electron chi connectivity index (χ2n) is 5.46. The van der Waals surface area contributed by atoms with Crippen LogP contribution in [0.25, 0.3) is 10.9 Å². The van der Waals surface area contributed by atoms with Crippen LogP contribution in [0, 0.1) is 6.92 Å².